The van der Waals surface area contributed by atoms with Crippen LogP contribution in [-0.4, -0.2) is 38.1 Å². The molecule has 3 heterocycles. The zero-order valence-electron chi connectivity index (χ0n) is 19.2. The maximum atomic E-state index is 13.4. The van der Waals surface area contributed by atoms with E-state index in [4.69, 9.17) is 4.98 Å². The van der Waals surface area contributed by atoms with Crippen molar-refractivity contribution in [3.8, 4) is 22.1 Å². The monoisotopic (exact) mass is 437 g/mol. The van der Waals surface area contributed by atoms with Crippen molar-refractivity contribution in [1.82, 2.24) is 14.5 Å². The summed E-state index contributed by atoms with van der Waals surface area (Å²) in [5.74, 6) is 1.54. The second-order valence-electron chi connectivity index (χ2n) is 9.79. The van der Waals surface area contributed by atoms with Gasteiger partial charge in [0.2, 0.25) is 0 Å². The number of benzene rings is 1. The molecule has 1 aromatic carbocycles. The molecule has 6 heteroatoms. The molecule has 0 bridgehead atoms. The molecule has 3 aromatic rings. The molecule has 0 aliphatic carbocycles. The Morgan fingerprint density at radius 1 is 1.29 bits per heavy atom. The van der Waals surface area contributed by atoms with Crippen LogP contribution in [0.25, 0.3) is 16.4 Å². The van der Waals surface area contributed by atoms with Crippen molar-refractivity contribution in [1.29, 1.82) is 0 Å². The Balaban J connectivity index is 1.93. The van der Waals surface area contributed by atoms with Crippen LogP contribution in [0.15, 0.2) is 29.6 Å². The van der Waals surface area contributed by atoms with E-state index in [0.29, 0.717) is 23.8 Å². The molecule has 1 amide bonds. The minimum absolute atomic E-state index is 0.0521. The number of fused-ring (bicyclic) bond motifs is 3. The van der Waals surface area contributed by atoms with Gasteiger partial charge in [-0.3, -0.25) is 9.36 Å². The zero-order valence-corrected chi connectivity index (χ0v) is 20.0. The Hall–Kier alpha value is -2.60. The molecule has 1 aliphatic rings. The lowest BCUT2D eigenvalue weighted by atomic mass is 9.94. The van der Waals surface area contributed by atoms with Crippen molar-refractivity contribution >= 4 is 17.2 Å². The number of phenolic OH excluding ortho intramolecular Hbond substituents is 1. The highest BCUT2D eigenvalue weighted by atomic mass is 32.1. The van der Waals surface area contributed by atoms with Gasteiger partial charge in [-0.25, -0.2) is 4.98 Å². The smallest absolute Gasteiger partial charge is 0.274 e. The fourth-order valence-corrected chi connectivity index (χ4v) is 4.78. The van der Waals surface area contributed by atoms with Crippen LogP contribution in [0.4, 0.5) is 0 Å². The van der Waals surface area contributed by atoms with Crippen LogP contribution in [0.1, 0.15) is 61.9 Å². The summed E-state index contributed by atoms with van der Waals surface area (Å²) < 4.78 is 2.15. The predicted molar refractivity (Wildman–Crippen MR) is 126 cm³/mol. The maximum Gasteiger partial charge on any atom is 0.274 e. The highest BCUT2D eigenvalue weighted by Gasteiger charge is 2.33. The molecule has 0 fully saturated rings. The van der Waals surface area contributed by atoms with Gasteiger partial charge < -0.3 is 10.0 Å². The highest BCUT2D eigenvalue weighted by molar-refractivity contribution is 7.13. The van der Waals surface area contributed by atoms with Crippen LogP contribution in [-0.2, 0) is 19.3 Å². The predicted octanol–water partition coefficient (Wildman–Crippen LogP) is 5.47. The van der Waals surface area contributed by atoms with Gasteiger partial charge in [0.15, 0.2) is 11.5 Å². The average Bonchev–Trinajstić information content (AvgIpc) is 3.34. The molecule has 4 rings (SSSR count). The van der Waals surface area contributed by atoms with Gasteiger partial charge in [0, 0.05) is 12.6 Å². The molecule has 0 spiro atoms. The number of aromatic hydroxyl groups is 1. The number of hydrogen-bond donors (Lipinski definition) is 1. The van der Waals surface area contributed by atoms with Gasteiger partial charge in [0.05, 0.1) is 16.3 Å². The number of amides is 1. The van der Waals surface area contributed by atoms with Crippen molar-refractivity contribution in [2.45, 2.75) is 59.4 Å². The molecule has 0 saturated heterocycles. The highest BCUT2D eigenvalue weighted by Crippen LogP contribution is 2.38. The molecule has 1 aliphatic heterocycles. The molecule has 0 atom stereocenters. The molecule has 2 aromatic heterocycles. The van der Waals surface area contributed by atoms with Gasteiger partial charge >= 0.3 is 0 Å². The summed E-state index contributed by atoms with van der Waals surface area (Å²) in [5, 5.41) is 12.6. The van der Waals surface area contributed by atoms with Crippen molar-refractivity contribution in [2.24, 2.45) is 5.92 Å². The topological polar surface area (TPSA) is 58.4 Å². The van der Waals surface area contributed by atoms with Crippen LogP contribution in [0.5, 0.6) is 5.75 Å². The van der Waals surface area contributed by atoms with Crippen LogP contribution < -0.4 is 0 Å². The third-order valence-electron chi connectivity index (χ3n) is 6.01. The number of rotatable bonds is 4. The summed E-state index contributed by atoms with van der Waals surface area (Å²) in [4.78, 5) is 21.1. The van der Waals surface area contributed by atoms with Crippen molar-refractivity contribution < 1.29 is 9.90 Å². The van der Waals surface area contributed by atoms with Crippen molar-refractivity contribution in [2.75, 3.05) is 7.05 Å². The second kappa shape index (κ2) is 7.83. The summed E-state index contributed by atoms with van der Waals surface area (Å²) in [6, 6.07) is 8.05. The Labute approximate surface area is 188 Å². The molecule has 0 unspecified atom stereocenters. The Morgan fingerprint density at radius 2 is 2.03 bits per heavy atom. The van der Waals surface area contributed by atoms with E-state index in [0.717, 1.165) is 46.1 Å². The van der Waals surface area contributed by atoms with Crippen LogP contribution >= 0.6 is 11.3 Å². The molecule has 1 N–H and O–H groups in total. The van der Waals surface area contributed by atoms with Crippen molar-refractivity contribution in [3.63, 3.8) is 0 Å². The van der Waals surface area contributed by atoms with Gasteiger partial charge in [-0.1, -0.05) is 19.9 Å². The lowest BCUT2D eigenvalue weighted by Gasteiger charge is -2.32. The normalized spacial score (nSPS) is 13.3. The largest absolute Gasteiger partial charge is 0.508 e. The lowest BCUT2D eigenvalue weighted by molar-refractivity contribution is 0.0649. The van der Waals surface area contributed by atoms with Gasteiger partial charge in [-0.2, -0.15) is 0 Å². The number of phenols is 1. The quantitative estimate of drug-likeness (QED) is 0.588. The number of thiophene rings is 1. The van der Waals surface area contributed by atoms with Crippen LogP contribution in [0, 0.1) is 5.92 Å². The van der Waals surface area contributed by atoms with Crippen LogP contribution in [0.2, 0.25) is 0 Å². The number of carbonyl (C=O) groups is 1. The molecular weight excluding hydrogens is 406 g/mol. The Bertz CT molecular complexity index is 1120. The van der Waals surface area contributed by atoms with Gasteiger partial charge in [-0.05, 0) is 80.7 Å². The van der Waals surface area contributed by atoms with E-state index in [2.05, 4.69) is 24.5 Å². The number of imidazole rings is 1. The molecule has 0 radical (unpaired) electrons. The Morgan fingerprint density at radius 3 is 2.65 bits per heavy atom. The van der Waals surface area contributed by atoms with Gasteiger partial charge in [0.25, 0.3) is 5.91 Å². The van der Waals surface area contributed by atoms with E-state index in [1.54, 1.807) is 16.2 Å². The first-order valence-electron chi connectivity index (χ1n) is 10.9. The summed E-state index contributed by atoms with van der Waals surface area (Å²) in [6.45, 7) is 10.4. The Kier molecular flexibility index (Phi) is 5.46. The first-order chi connectivity index (χ1) is 14.6. The summed E-state index contributed by atoms with van der Waals surface area (Å²) in [5.41, 5.74) is 4.26. The average molecular weight is 438 g/mol. The SMILES string of the molecule is CC(C)Cc1cc2c(cc1O)CCc1c(C(=O)N(C)C(C)(C)C)nc(-c3cccs3)n1-2. The third kappa shape index (κ3) is 3.89. The van der Waals surface area contributed by atoms with Gasteiger partial charge in [0.1, 0.15) is 5.75 Å². The summed E-state index contributed by atoms with van der Waals surface area (Å²) in [7, 11) is 1.84. The summed E-state index contributed by atoms with van der Waals surface area (Å²) in [6.07, 6.45) is 2.30. The third-order valence-corrected chi connectivity index (χ3v) is 6.87. The van der Waals surface area contributed by atoms with E-state index in [9.17, 15) is 9.90 Å². The molecule has 0 saturated carbocycles. The van der Waals surface area contributed by atoms with E-state index in [1.165, 1.54) is 0 Å². The van der Waals surface area contributed by atoms with Crippen LogP contribution in [0.3, 0.4) is 0 Å². The number of hydrogen-bond acceptors (Lipinski definition) is 4. The lowest BCUT2D eigenvalue weighted by Crippen LogP contribution is -2.43. The molecule has 31 heavy (non-hydrogen) atoms. The fraction of sp³-hybridized carbons (Fsp3) is 0.440. The number of carbonyl (C=O) groups excluding carboxylic acids is 1. The maximum absolute atomic E-state index is 13.4. The molecule has 164 valence electrons. The minimum Gasteiger partial charge on any atom is -0.508 e. The minimum atomic E-state index is -0.292. The molecule has 5 nitrogen and oxygen atoms in total. The van der Waals surface area contributed by atoms with E-state index in [1.807, 2.05) is 51.4 Å². The molecular formula is C25H31N3O2S. The fourth-order valence-electron chi connectivity index (χ4n) is 4.08. The first kappa shape index (κ1) is 21.6. The summed E-state index contributed by atoms with van der Waals surface area (Å²) >= 11 is 1.62. The van der Waals surface area contributed by atoms with Crippen molar-refractivity contribution in [3.05, 3.63) is 52.2 Å². The van der Waals surface area contributed by atoms with Gasteiger partial charge in [-0.15, -0.1) is 11.3 Å². The van der Waals surface area contributed by atoms with E-state index in [-0.39, 0.29) is 11.4 Å². The zero-order chi connectivity index (χ0) is 22.5. The number of aromatic nitrogens is 2. The second-order valence-corrected chi connectivity index (χ2v) is 10.7. The number of aryl methyl sites for hydroxylation is 1. The van der Waals surface area contributed by atoms with E-state index < -0.39 is 0 Å². The first-order valence-corrected chi connectivity index (χ1v) is 11.7. The number of nitrogens with zero attached hydrogens (tertiary/aromatic N) is 3. The standard InChI is InChI=1S/C25H31N3O2S/c1-15(2)12-17-13-19-16(14-20(17)29)9-10-18-22(24(30)27(6)25(3,4)5)26-23(28(18)19)21-8-7-11-31-21/h7-8,11,13-15,29H,9-10,12H2,1-6H3. The van der Waals surface area contributed by atoms with E-state index >= 15 is 0 Å².